The monoisotopic (exact) mass is 224 g/mol. The summed E-state index contributed by atoms with van der Waals surface area (Å²) in [6.07, 6.45) is 5.44. The third-order valence-electron chi connectivity index (χ3n) is 2.10. The highest BCUT2D eigenvalue weighted by atomic mass is 28.3. The molecule has 0 aliphatic rings. The van der Waals surface area contributed by atoms with Crippen LogP contribution in [0.4, 0.5) is 0 Å². The lowest BCUT2D eigenvalue weighted by molar-refractivity contribution is 0.0871. The van der Waals surface area contributed by atoms with Gasteiger partial charge in [0, 0.05) is 20.9 Å². The summed E-state index contributed by atoms with van der Waals surface area (Å²) in [6.45, 7) is 12.1. The second-order valence-electron chi connectivity index (χ2n) is 4.86. The molecule has 1 rings (SSSR count). The van der Waals surface area contributed by atoms with Crippen LogP contribution >= 0.6 is 0 Å². The van der Waals surface area contributed by atoms with Crippen molar-refractivity contribution in [3.8, 4) is 0 Å². The van der Waals surface area contributed by atoms with Crippen LogP contribution in [-0.4, -0.2) is 24.2 Å². The quantitative estimate of drug-likeness (QED) is 0.549. The summed E-state index contributed by atoms with van der Waals surface area (Å²) < 4.78 is 7.51. The maximum Gasteiger partial charge on any atom is 0.123 e. The van der Waals surface area contributed by atoms with Crippen molar-refractivity contribution in [3.05, 3.63) is 24.8 Å². The van der Waals surface area contributed by atoms with E-state index in [2.05, 4.69) is 31.2 Å². The third-order valence-corrected chi connectivity index (χ3v) is 3.80. The van der Waals surface area contributed by atoms with Crippen LogP contribution in [0, 0.1) is 0 Å². The molecule has 4 heteroatoms. The highest BCUT2D eigenvalue weighted by Gasteiger charge is 2.11. The minimum Gasteiger partial charge on any atom is -0.361 e. The van der Waals surface area contributed by atoms with Gasteiger partial charge in [-0.2, -0.15) is 0 Å². The number of aromatic nitrogens is 2. The molecular formula is C11H20N2OSi. The van der Waals surface area contributed by atoms with Crippen molar-refractivity contribution in [3.63, 3.8) is 0 Å². The molecule has 0 aliphatic heterocycles. The topological polar surface area (TPSA) is 27.1 Å². The Hall–Kier alpha value is -0.873. The van der Waals surface area contributed by atoms with Crippen LogP contribution in [0.1, 0.15) is 5.69 Å². The van der Waals surface area contributed by atoms with E-state index in [1.165, 1.54) is 6.04 Å². The molecule has 84 valence electrons. The van der Waals surface area contributed by atoms with Crippen LogP contribution in [0.15, 0.2) is 19.1 Å². The Labute approximate surface area is 92.8 Å². The van der Waals surface area contributed by atoms with Gasteiger partial charge in [-0.05, 0) is 12.1 Å². The second-order valence-corrected chi connectivity index (χ2v) is 10.5. The average molecular weight is 224 g/mol. The Morgan fingerprint density at radius 3 is 2.80 bits per heavy atom. The molecule has 0 aliphatic carbocycles. The number of hydrogen-bond donors (Lipinski definition) is 0. The molecule has 1 aromatic heterocycles. The van der Waals surface area contributed by atoms with E-state index < -0.39 is 8.07 Å². The highest BCUT2D eigenvalue weighted by molar-refractivity contribution is 6.76. The van der Waals surface area contributed by atoms with Crippen molar-refractivity contribution in [2.45, 2.75) is 32.4 Å². The lowest BCUT2D eigenvalue weighted by atomic mass is 10.5. The minimum absolute atomic E-state index is 0.589. The van der Waals surface area contributed by atoms with Crippen LogP contribution in [0.3, 0.4) is 0 Å². The van der Waals surface area contributed by atoms with Gasteiger partial charge >= 0.3 is 0 Å². The molecule has 3 nitrogen and oxygen atoms in total. The summed E-state index contributed by atoms with van der Waals surface area (Å²) in [5, 5.41) is 0. The van der Waals surface area contributed by atoms with Gasteiger partial charge in [-0.15, -0.1) is 0 Å². The largest absolute Gasteiger partial charge is 0.361 e. The molecule has 0 radical (unpaired) electrons. The minimum atomic E-state index is -0.963. The predicted molar refractivity (Wildman–Crippen MR) is 66.4 cm³/mol. The van der Waals surface area contributed by atoms with Gasteiger partial charge in [-0.25, -0.2) is 4.98 Å². The highest BCUT2D eigenvalue weighted by Crippen LogP contribution is 2.08. The Morgan fingerprint density at radius 2 is 2.27 bits per heavy atom. The van der Waals surface area contributed by atoms with Crippen molar-refractivity contribution < 1.29 is 4.74 Å². The van der Waals surface area contributed by atoms with E-state index in [0.29, 0.717) is 6.73 Å². The fraction of sp³-hybridized carbons (Fsp3) is 0.545. The van der Waals surface area contributed by atoms with E-state index in [9.17, 15) is 0 Å². The molecule has 1 aromatic rings. The number of nitrogens with zero attached hydrogens (tertiary/aromatic N) is 2. The SMILES string of the molecule is C=Cc1cn(COCC[Si](C)(C)C)cn1. The first-order valence-corrected chi connectivity index (χ1v) is 8.94. The number of rotatable bonds is 6. The molecule has 15 heavy (non-hydrogen) atoms. The number of hydrogen-bond acceptors (Lipinski definition) is 2. The summed E-state index contributed by atoms with van der Waals surface area (Å²) in [4.78, 5) is 4.14. The molecule has 0 aromatic carbocycles. The first kappa shape index (κ1) is 12.2. The fourth-order valence-electron chi connectivity index (χ4n) is 1.10. The maximum atomic E-state index is 5.58. The van der Waals surface area contributed by atoms with Crippen LogP contribution in [-0.2, 0) is 11.5 Å². The third kappa shape index (κ3) is 4.95. The second kappa shape index (κ2) is 5.28. The molecule has 0 amide bonds. The van der Waals surface area contributed by atoms with E-state index in [4.69, 9.17) is 4.74 Å². The Morgan fingerprint density at radius 1 is 1.53 bits per heavy atom. The Balaban J connectivity index is 2.23. The zero-order valence-corrected chi connectivity index (χ0v) is 10.9. The smallest absolute Gasteiger partial charge is 0.123 e. The van der Waals surface area contributed by atoms with Crippen LogP contribution in [0.2, 0.25) is 25.7 Å². The van der Waals surface area contributed by atoms with Gasteiger partial charge in [0.2, 0.25) is 0 Å². The molecule has 0 N–H and O–H groups in total. The molecule has 0 unspecified atom stereocenters. The van der Waals surface area contributed by atoms with Gasteiger partial charge in [0.15, 0.2) is 0 Å². The fourth-order valence-corrected chi connectivity index (χ4v) is 1.86. The van der Waals surface area contributed by atoms with Gasteiger partial charge in [-0.1, -0.05) is 26.2 Å². The first-order chi connectivity index (χ1) is 7.01. The molecule has 0 spiro atoms. The molecule has 1 heterocycles. The van der Waals surface area contributed by atoms with E-state index in [1.807, 2.05) is 10.8 Å². The summed E-state index contributed by atoms with van der Waals surface area (Å²) >= 11 is 0. The van der Waals surface area contributed by atoms with Crippen LogP contribution in [0.5, 0.6) is 0 Å². The van der Waals surface area contributed by atoms with E-state index in [1.54, 1.807) is 12.4 Å². The predicted octanol–water partition coefficient (Wildman–Crippen LogP) is 2.84. The zero-order chi connectivity index (χ0) is 11.3. The summed E-state index contributed by atoms with van der Waals surface area (Å²) in [5.74, 6) is 0. The van der Waals surface area contributed by atoms with Gasteiger partial charge in [0.05, 0.1) is 12.0 Å². The number of ether oxygens (including phenoxy) is 1. The average Bonchev–Trinajstić information content (AvgIpc) is 2.59. The molecular weight excluding hydrogens is 204 g/mol. The molecule has 0 saturated carbocycles. The van der Waals surface area contributed by atoms with E-state index in [-0.39, 0.29) is 0 Å². The van der Waals surface area contributed by atoms with Crippen molar-refractivity contribution >= 4 is 14.1 Å². The zero-order valence-electron chi connectivity index (χ0n) is 9.86. The Bertz CT molecular complexity index is 315. The van der Waals surface area contributed by atoms with Gasteiger partial charge in [0.1, 0.15) is 6.73 Å². The van der Waals surface area contributed by atoms with Crippen molar-refractivity contribution in [1.82, 2.24) is 9.55 Å². The van der Waals surface area contributed by atoms with Crippen LogP contribution in [0.25, 0.3) is 6.08 Å². The van der Waals surface area contributed by atoms with E-state index in [0.717, 1.165) is 12.3 Å². The van der Waals surface area contributed by atoms with Crippen molar-refractivity contribution in [2.75, 3.05) is 6.61 Å². The van der Waals surface area contributed by atoms with Gasteiger partial charge in [-0.3, -0.25) is 0 Å². The maximum absolute atomic E-state index is 5.58. The molecule has 0 bridgehead atoms. The normalized spacial score (nSPS) is 11.7. The first-order valence-electron chi connectivity index (χ1n) is 5.23. The van der Waals surface area contributed by atoms with Crippen molar-refractivity contribution in [1.29, 1.82) is 0 Å². The number of imidazole rings is 1. The van der Waals surface area contributed by atoms with Crippen molar-refractivity contribution in [2.24, 2.45) is 0 Å². The molecule has 0 fully saturated rings. The lowest BCUT2D eigenvalue weighted by Gasteiger charge is -2.15. The summed E-state index contributed by atoms with van der Waals surface area (Å²) in [5.41, 5.74) is 0.892. The van der Waals surface area contributed by atoms with Gasteiger partial charge < -0.3 is 9.30 Å². The van der Waals surface area contributed by atoms with Crippen LogP contribution < -0.4 is 0 Å². The molecule has 0 atom stereocenters. The Kier molecular flexibility index (Phi) is 4.29. The lowest BCUT2D eigenvalue weighted by Crippen LogP contribution is -2.21. The standard InChI is InChI=1S/C11H20N2OSi/c1-5-11-8-13(9-12-11)10-14-6-7-15(2,3)4/h5,8-9H,1,6-7,10H2,2-4H3. The summed E-state index contributed by atoms with van der Waals surface area (Å²) in [7, 11) is -0.963. The summed E-state index contributed by atoms with van der Waals surface area (Å²) in [6, 6.07) is 1.20. The van der Waals surface area contributed by atoms with E-state index >= 15 is 0 Å². The van der Waals surface area contributed by atoms with Gasteiger partial charge in [0.25, 0.3) is 0 Å². The molecule has 0 saturated heterocycles.